The van der Waals surface area contributed by atoms with Gasteiger partial charge in [0.05, 0.1) is 6.20 Å². The van der Waals surface area contributed by atoms with Gasteiger partial charge in [0.2, 0.25) is 11.8 Å². The summed E-state index contributed by atoms with van der Waals surface area (Å²) in [7, 11) is 0. The van der Waals surface area contributed by atoms with Gasteiger partial charge in [-0.1, -0.05) is 17.3 Å². The van der Waals surface area contributed by atoms with Crippen LogP contribution in [0.4, 0.5) is 5.69 Å². The molecule has 130 valence electrons. The summed E-state index contributed by atoms with van der Waals surface area (Å²) < 4.78 is 1.17. The van der Waals surface area contributed by atoms with Crippen LogP contribution in [0.3, 0.4) is 0 Å². The van der Waals surface area contributed by atoms with Gasteiger partial charge in [0.25, 0.3) is 0 Å². The molecule has 9 heteroatoms. The quantitative estimate of drug-likeness (QED) is 0.785. The summed E-state index contributed by atoms with van der Waals surface area (Å²) in [6.07, 6.45) is 2.66. The Labute approximate surface area is 143 Å². The number of nitrogens with one attached hydrogen (secondary N) is 1. The fourth-order valence-electron chi connectivity index (χ4n) is 2.59. The monoisotopic (exact) mass is 343 g/mol. The number of carbonyl (C=O) groups excluding carboxylic acids is 2. The number of rotatable bonds is 6. The Morgan fingerprint density at radius 2 is 2.00 bits per heavy atom. The lowest BCUT2D eigenvalue weighted by molar-refractivity contribution is -0.122. The van der Waals surface area contributed by atoms with Gasteiger partial charge in [-0.15, -0.1) is 5.10 Å². The highest BCUT2D eigenvalue weighted by molar-refractivity contribution is 5.95. The number of amides is 2. The number of carboxylic acids is 1. The summed E-state index contributed by atoms with van der Waals surface area (Å²) in [6.45, 7) is 0.958. The second kappa shape index (κ2) is 7.12. The third-order valence-electron chi connectivity index (χ3n) is 3.87. The maximum atomic E-state index is 11.9. The molecule has 1 saturated heterocycles. The van der Waals surface area contributed by atoms with Crippen LogP contribution in [0.5, 0.6) is 0 Å². The van der Waals surface area contributed by atoms with Crippen molar-refractivity contribution in [2.75, 3.05) is 11.4 Å². The number of hydrogen-bond donors (Lipinski definition) is 2. The molecule has 3 rings (SSSR count). The molecule has 0 bridgehead atoms. The number of aromatic nitrogens is 3. The second-order valence-corrected chi connectivity index (χ2v) is 5.70. The van der Waals surface area contributed by atoms with Gasteiger partial charge in [-0.05, 0) is 24.1 Å². The van der Waals surface area contributed by atoms with Gasteiger partial charge in [0, 0.05) is 25.2 Å². The Morgan fingerprint density at radius 1 is 1.24 bits per heavy atom. The van der Waals surface area contributed by atoms with Gasteiger partial charge in [-0.2, -0.15) is 0 Å². The van der Waals surface area contributed by atoms with Gasteiger partial charge in [-0.25, -0.2) is 9.48 Å². The number of carboxylic acid groups (broad SMARTS) is 1. The van der Waals surface area contributed by atoms with E-state index in [4.69, 9.17) is 5.11 Å². The Hall–Kier alpha value is -3.23. The number of aromatic carboxylic acids is 1. The van der Waals surface area contributed by atoms with E-state index in [0.717, 1.165) is 24.2 Å². The fraction of sp³-hybridized carbons (Fsp3) is 0.312. The minimum atomic E-state index is -1.19. The topological polar surface area (TPSA) is 117 Å². The first-order valence-corrected chi connectivity index (χ1v) is 7.82. The highest BCUT2D eigenvalue weighted by Gasteiger charge is 2.21. The van der Waals surface area contributed by atoms with E-state index >= 15 is 0 Å². The summed E-state index contributed by atoms with van der Waals surface area (Å²) in [5.74, 6) is -1.36. The van der Waals surface area contributed by atoms with E-state index in [1.54, 1.807) is 4.90 Å². The zero-order chi connectivity index (χ0) is 17.8. The zero-order valence-corrected chi connectivity index (χ0v) is 13.4. The molecule has 1 aromatic carbocycles. The van der Waals surface area contributed by atoms with Crippen molar-refractivity contribution >= 4 is 23.5 Å². The molecule has 25 heavy (non-hydrogen) atoms. The lowest BCUT2D eigenvalue weighted by Crippen LogP contribution is -2.27. The second-order valence-electron chi connectivity index (χ2n) is 5.70. The van der Waals surface area contributed by atoms with Gasteiger partial charge in [0.15, 0.2) is 5.69 Å². The standard InChI is InChI=1S/C16H17N5O4/c22-14(10-20-9-13(16(24)25)18-19-20)17-8-11-3-5-12(6-4-11)21-7-1-2-15(21)23/h3-6,9H,1-2,7-8,10H2,(H,17,22)(H,24,25). The Kier molecular flexibility index (Phi) is 4.73. The van der Waals surface area contributed by atoms with Crippen molar-refractivity contribution in [3.05, 3.63) is 41.7 Å². The molecule has 0 unspecified atom stereocenters. The summed E-state index contributed by atoms with van der Waals surface area (Å²) in [5.41, 5.74) is 1.55. The molecule has 2 amide bonds. The van der Waals surface area contributed by atoms with Crippen molar-refractivity contribution < 1.29 is 19.5 Å². The minimum Gasteiger partial charge on any atom is -0.476 e. The molecule has 0 radical (unpaired) electrons. The third-order valence-corrected chi connectivity index (χ3v) is 3.87. The van der Waals surface area contributed by atoms with Crippen molar-refractivity contribution in [3.63, 3.8) is 0 Å². The molecule has 1 aliphatic rings. The molecule has 0 spiro atoms. The van der Waals surface area contributed by atoms with E-state index in [0.29, 0.717) is 13.0 Å². The van der Waals surface area contributed by atoms with Gasteiger partial charge in [-0.3, -0.25) is 9.59 Å². The van der Waals surface area contributed by atoms with Crippen molar-refractivity contribution in [1.82, 2.24) is 20.3 Å². The molecule has 2 N–H and O–H groups in total. The average molecular weight is 343 g/mol. The fourth-order valence-corrected chi connectivity index (χ4v) is 2.59. The third kappa shape index (κ3) is 4.00. The Balaban J connectivity index is 1.51. The minimum absolute atomic E-state index is 0.110. The molecule has 1 aromatic heterocycles. The average Bonchev–Trinajstić information content (AvgIpc) is 3.22. The highest BCUT2D eigenvalue weighted by atomic mass is 16.4. The van der Waals surface area contributed by atoms with Gasteiger partial charge < -0.3 is 15.3 Å². The zero-order valence-electron chi connectivity index (χ0n) is 13.4. The van der Waals surface area contributed by atoms with Crippen molar-refractivity contribution in [3.8, 4) is 0 Å². The molecule has 2 heterocycles. The van der Waals surface area contributed by atoms with E-state index in [-0.39, 0.29) is 24.1 Å². The molecule has 1 fully saturated rings. The van der Waals surface area contributed by atoms with Gasteiger partial charge in [0.1, 0.15) is 6.54 Å². The van der Waals surface area contributed by atoms with Crippen molar-refractivity contribution in [1.29, 1.82) is 0 Å². The Morgan fingerprint density at radius 3 is 2.60 bits per heavy atom. The molecule has 2 aromatic rings. The number of benzene rings is 1. The van der Waals surface area contributed by atoms with Crippen LogP contribution in [-0.4, -0.2) is 44.4 Å². The van der Waals surface area contributed by atoms with E-state index in [2.05, 4.69) is 15.6 Å². The molecular weight excluding hydrogens is 326 g/mol. The van der Waals surface area contributed by atoms with Crippen LogP contribution >= 0.6 is 0 Å². The Bertz CT molecular complexity index is 799. The van der Waals surface area contributed by atoms with Crippen LogP contribution < -0.4 is 10.2 Å². The lowest BCUT2D eigenvalue weighted by atomic mass is 10.2. The summed E-state index contributed by atoms with van der Waals surface area (Å²) in [6, 6.07) is 7.45. The number of nitrogens with zero attached hydrogens (tertiary/aromatic N) is 4. The highest BCUT2D eigenvalue weighted by Crippen LogP contribution is 2.21. The summed E-state index contributed by atoms with van der Waals surface area (Å²) in [4.78, 5) is 36.1. The maximum Gasteiger partial charge on any atom is 0.358 e. The summed E-state index contributed by atoms with van der Waals surface area (Å²) >= 11 is 0. The van der Waals surface area contributed by atoms with E-state index in [1.807, 2.05) is 24.3 Å². The largest absolute Gasteiger partial charge is 0.476 e. The predicted molar refractivity (Wildman–Crippen MR) is 86.9 cm³/mol. The van der Waals surface area contributed by atoms with Crippen LogP contribution in [0.2, 0.25) is 0 Å². The van der Waals surface area contributed by atoms with E-state index in [9.17, 15) is 14.4 Å². The van der Waals surface area contributed by atoms with E-state index in [1.165, 1.54) is 10.9 Å². The SMILES string of the molecule is O=C(Cn1cc(C(=O)O)nn1)NCc1ccc(N2CCCC2=O)cc1. The smallest absolute Gasteiger partial charge is 0.358 e. The first-order chi connectivity index (χ1) is 12.0. The number of carbonyl (C=O) groups is 3. The van der Waals surface area contributed by atoms with Crippen LogP contribution in [0.25, 0.3) is 0 Å². The van der Waals surface area contributed by atoms with Gasteiger partial charge >= 0.3 is 5.97 Å². The normalized spacial score (nSPS) is 13.9. The number of hydrogen-bond acceptors (Lipinski definition) is 5. The summed E-state index contributed by atoms with van der Waals surface area (Å²) in [5, 5.41) is 18.5. The molecule has 9 nitrogen and oxygen atoms in total. The number of anilines is 1. The lowest BCUT2D eigenvalue weighted by Gasteiger charge is -2.16. The van der Waals surface area contributed by atoms with Crippen LogP contribution in [0.1, 0.15) is 28.9 Å². The first kappa shape index (κ1) is 16.6. The van der Waals surface area contributed by atoms with Crippen LogP contribution in [0.15, 0.2) is 30.5 Å². The molecule has 0 atom stereocenters. The van der Waals surface area contributed by atoms with Crippen LogP contribution in [0, 0.1) is 0 Å². The first-order valence-electron chi connectivity index (χ1n) is 7.82. The van der Waals surface area contributed by atoms with Crippen molar-refractivity contribution in [2.24, 2.45) is 0 Å². The molecule has 0 saturated carbocycles. The van der Waals surface area contributed by atoms with E-state index < -0.39 is 5.97 Å². The van der Waals surface area contributed by atoms with Crippen LogP contribution in [-0.2, 0) is 22.7 Å². The predicted octanol–water partition coefficient (Wildman–Crippen LogP) is 0.419. The molecular formula is C16H17N5O4. The molecule has 1 aliphatic heterocycles. The molecule has 0 aliphatic carbocycles. The maximum absolute atomic E-state index is 11.9. The van der Waals surface area contributed by atoms with Crippen molar-refractivity contribution in [2.45, 2.75) is 25.9 Å².